The van der Waals surface area contributed by atoms with E-state index >= 15 is 0 Å². The van der Waals surface area contributed by atoms with Crippen molar-refractivity contribution in [2.75, 3.05) is 41.3 Å². The van der Waals surface area contributed by atoms with Crippen molar-refractivity contribution < 1.29 is 0 Å². The fourth-order valence-electron chi connectivity index (χ4n) is 2.03. The minimum absolute atomic E-state index is 0.636. The highest BCUT2D eigenvalue weighted by atomic mass is 15.4. The second-order valence-electron chi connectivity index (χ2n) is 4.01. The molecule has 1 saturated heterocycles. The molecular weight excluding hydrogens is 176 g/mol. The Morgan fingerprint density at radius 1 is 1.21 bits per heavy atom. The lowest BCUT2D eigenvalue weighted by Crippen LogP contribution is -2.48. The Hall–Kier alpha value is -0.770. The third-order valence-electron chi connectivity index (χ3n) is 2.77. The second-order valence-corrected chi connectivity index (χ2v) is 4.01. The molecule has 4 nitrogen and oxygen atoms in total. The molecule has 14 heavy (non-hydrogen) atoms. The molecule has 0 spiro atoms. The highest BCUT2D eigenvalue weighted by Crippen LogP contribution is 2.10. The van der Waals surface area contributed by atoms with Gasteiger partial charge in [0.1, 0.15) is 0 Å². The minimum Gasteiger partial charge on any atom is -0.349 e. The van der Waals surface area contributed by atoms with Gasteiger partial charge in [0, 0.05) is 34.2 Å². The summed E-state index contributed by atoms with van der Waals surface area (Å²) >= 11 is 0. The molecular formula is C10H22N4. The standard InChI is InChI=1S/C10H22N4/c1-11-10(13(2)3)14(4)9-5-7-12-8-6-9/h9,12H,5-8H2,1-4H3. The molecule has 0 aliphatic carbocycles. The highest BCUT2D eigenvalue weighted by molar-refractivity contribution is 5.79. The van der Waals surface area contributed by atoms with Crippen LogP contribution in [0.5, 0.6) is 0 Å². The summed E-state index contributed by atoms with van der Waals surface area (Å²) in [6.45, 7) is 2.25. The molecule has 1 aliphatic heterocycles. The Labute approximate surface area is 87.0 Å². The predicted molar refractivity (Wildman–Crippen MR) is 60.7 cm³/mol. The molecule has 0 aromatic heterocycles. The summed E-state index contributed by atoms with van der Waals surface area (Å²) in [6.07, 6.45) is 2.42. The molecule has 82 valence electrons. The van der Waals surface area contributed by atoms with Gasteiger partial charge in [-0.25, -0.2) is 0 Å². The zero-order chi connectivity index (χ0) is 10.6. The molecule has 1 N–H and O–H groups in total. The quantitative estimate of drug-likeness (QED) is 0.483. The summed E-state index contributed by atoms with van der Waals surface area (Å²) in [5.74, 6) is 1.07. The highest BCUT2D eigenvalue weighted by Gasteiger charge is 2.20. The number of guanidine groups is 1. The van der Waals surface area contributed by atoms with E-state index in [4.69, 9.17) is 0 Å². The average molecular weight is 198 g/mol. The molecule has 0 unspecified atom stereocenters. The summed E-state index contributed by atoms with van der Waals surface area (Å²) in [5.41, 5.74) is 0. The minimum atomic E-state index is 0.636. The maximum Gasteiger partial charge on any atom is 0.195 e. The Morgan fingerprint density at radius 3 is 2.21 bits per heavy atom. The van der Waals surface area contributed by atoms with Crippen molar-refractivity contribution in [1.82, 2.24) is 15.1 Å². The maximum atomic E-state index is 4.31. The largest absolute Gasteiger partial charge is 0.349 e. The number of nitrogens with zero attached hydrogens (tertiary/aromatic N) is 3. The Balaban J connectivity index is 2.57. The predicted octanol–water partition coefficient (Wildman–Crippen LogP) is 0.218. The fraction of sp³-hybridized carbons (Fsp3) is 0.900. The number of rotatable bonds is 1. The molecule has 0 atom stereocenters. The van der Waals surface area contributed by atoms with Gasteiger partial charge in [-0.3, -0.25) is 4.99 Å². The molecule has 4 heteroatoms. The van der Waals surface area contributed by atoms with E-state index in [9.17, 15) is 0 Å². The molecule has 1 aliphatic rings. The molecule has 0 aromatic carbocycles. The van der Waals surface area contributed by atoms with Gasteiger partial charge in [-0.15, -0.1) is 0 Å². The lowest BCUT2D eigenvalue weighted by atomic mass is 10.1. The Bertz CT molecular complexity index is 194. The van der Waals surface area contributed by atoms with E-state index in [1.54, 1.807) is 0 Å². The third-order valence-corrected chi connectivity index (χ3v) is 2.77. The topological polar surface area (TPSA) is 30.9 Å². The summed E-state index contributed by atoms with van der Waals surface area (Å²) < 4.78 is 0. The van der Waals surface area contributed by atoms with E-state index in [1.165, 1.54) is 12.8 Å². The van der Waals surface area contributed by atoms with E-state index < -0.39 is 0 Å². The van der Waals surface area contributed by atoms with Gasteiger partial charge in [-0.2, -0.15) is 0 Å². The molecule has 0 bridgehead atoms. The van der Waals surface area contributed by atoms with Gasteiger partial charge in [-0.05, 0) is 25.9 Å². The first-order chi connectivity index (χ1) is 6.66. The van der Waals surface area contributed by atoms with Crippen molar-refractivity contribution in [2.45, 2.75) is 18.9 Å². The van der Waals surface area contributed by atoms with E-state index in [2.05, 4.69) is 27.2 Å². The molecule has 0 amide bonds. The fourth-order valence-corrected chi connectivity index (χ4v) is 2.03. The first-order valence-electron chi connectivity index (χ1n) is 5.24. The monoisotopic (exact) mass is 198 g/mol. The lowest BCUT2D eigenvalue weighted by Gasteiger charge is -2.35. The number of aliphatic imine (C=N–C) groups is 1. The van der Waals surface area contributed by atoms with Crippen LogP contribution in [0, 0.1) is 0 Å². The first kappa shape index (κ1) is 11.3. The van der Waals surface area contributed by atoms with Gasteiger partial charge < -0.3 is 15.1 Å². The molecule has 1 heterocycles. The zero-order valence-corrected chi connectivity index (χ0v) is 9.75. The Morgan fingerprint density at radius 2 is 1.79 bits per heavy atom. The van der Waals surface area contributed by atoms with Crippen molar-refractivity contribution in [1.29, 1.82) is 0 Å². The van der Waals surface area contributed by atoms with Gasteiger partial charge in [0.15, 0.2) is 5.96 Å². The molecule has 0 saturated carbocycles. The number of nitrogens with one attached hydrogen (secondary N) is 1. The summed E-state index contributed by atoms with van der Waals surface area (Å²) in [7, 11) is 8.07. The molecule has 1 rings (SSSR count). The number of piperidine rings is 1. The van der Waals surface area contributed by atoms with Gasteiger partial charge in [-0.1, -0.05) is 0 Å². The van der Waals surface area contributed by atoms with E-state index in [0.717, 1.165) is 19.0 Å². The Kier molecular flexibility index (Phi) is 4.20. The van der Waals surface area contributed by atoms with Gasteiger partial charge in [0.05, 0.1) is 0 Å². The maximum absolute atomic E-state index is 4.31. The van der Waals surface area contributed by atoms with Crippen LogP contribution in [-0.2, 0) is 0 Å². The van der Waals surface area contributed by atoms with Crippen molar-refractivity contribution in [2.24, 2.45) is 4.99 Å². The smallest absolute Gasteiger partial charge is 0.195 e. The van der Waals surface area contributed by atoms with Crippen LogP contribution in [0.15, 0.2) is 4.99 Å². The second kappa shape index (κ2) is 5.20. The van der Waals surface area contributed by atoms with Crippen molar-refractivity contribution in [3.63, 3.8) is 0 Å². The first-order valence-corrected chi connectivity index (χ1v) is 5.24. The summed E-state index contributed by atoms with van der Waals surface area (Å²) in [6, 6.07) is 0.636. The SMILES string of the molecule is CN=C(N(C)C)N(C)C1CCNCC1. The van der Waals surface area contributed by atoms with Crippen LogP contribution in [0.1, 0.15) is 12.8 Å². The van der Waals surface area contributed by atoms with Crippen LogP contribution >= 0.6 is 0 Å². The zero-order valence-electron chi connectivity index (χ0n) is 9.75. The number of hydrogen-bond acceptors (Lipinski definition) is 2. The van der Waals surface area contributed by atoms with Crippen LogP contribution in [0.2, 0.25) is 0 Å². The average Bonchev–Trinajstić information content (AvgIpc) is 2.19. The van der Waals surface area contributed by atoms with Crippen molar-refractivity contribution in [3.05, 3.63) is 0 Å². The van der Waals surface area contributed by atoms with E-state index in [-0.39, 0.29) is 0 Å². The van der Waals surface area contributed by atoms with Crippen LogP contribution in [-0.4, -0.2) is 63.1 Å². The number of hydrogen-bond donors (Lipinski definition) is 1. The summed E-state index contributed by atoms with van der Waals surface area (Å²) in [4.78, 5) is 8.67. The van der Waals surface area contributed by atoms with Gasteiger partial charge >= 0.3 is 0 Å². The van der Waals surface area contributed by atoms with Crippen LogP contribution in [0.25, 0.3) is 0 Å². The molecule has 0 radical (unpaired) electrons. The van der Waals surface area contributed by atoms with Crippen LogP contribution < -0.4 is 5.32 Å². The lowest BCUT2D eigenvalue weighted by molar-refractivity contribution is 0.267. The third kappa shape index (κ3) is 2.61. The van der Waals surface area contributed by atoms with Crippen molar-refractivity contribution in [3.8, 4) is 0 Å². The van der Waals surface area contributed by atoms with E-state index in [1.807, 2.05) is 21.1 Å². The molecule has 1 fully saturated rings. The van der Waals surface area contributed by atoms with Gasteiger partial charge in [0.25, 0.3) is 0 Å². The van der Waals surface area contributed by atoms with Gasteiger partial charge in [0.2, 0.25) is 0 Å². The molecule has 0 aromatic rings. The summed E-state index contributed by atoms with van der Waals surface area (Å²) in [5, 5.41) is 3.38. The van der Waals surface area contributed by atoms with Crippen LogP contribution in [0.4, 0.5) is 0 Å². The van der Waals surface area contributed by atoms with Crippen LogP contribution in [0.3, 0.4) is 0 Å². The van der Waals surface area contributed by atoms with E-state index in [0.29, 0.717) is 6.04 Å². The van der Waals surface area contributed by atoms with Crippen molar-refractivity contribution >= 4 is 5.96 Å². The normalized spacial score (nSPS) is 19.6.